The molecule has 5 nitrogen and oxygen atoms in total. The summed E-state index contributed by atoms with van der Waals surface area (Å²) in [5.74, 6) is 0.403. The Morgan fingerprint density at radius 3 is 2.58 bits per heavy atom. The van der Waals surface area contributed by atoms with Gasteiger partial charge in [-0.1, -0.05) is 25.7 Å². The molecule has 1 saturated carbocycles. The second kappa shape index (κ2) is 8.38. The van der Waals surface area contributed by atoms with E-state index in [1.807, 2.05) is 18.5 Å². The van der Waals surface area contributed by atoms with Crippen molar-refractivity contribution in [3.05, 3.63) is 33.2 Å². The summed E-state index contributed by atoms with van der Waals surface area (Å²) in [6.07, 6.45) is 9.16. The van der Waals surface area contributed by atoms with Gasteiger partial charge in [0.25, 0.3) is 5.91 Å². The van der Waals surface area contributed by atoms with Gasteiger partial charge in [-0.15, -0.1) is 0 Å². The Hall–Kier alpha value is -1.62. The number of likely N-dealkylation sites (tertiary alicyclic amines) is 1. The standard InChI is InChI=1S/C21H33N3O2/c1-15-13-19(25)20(18(24(15)3)14-16-7-4-5-8-16)21(26)22-11-10-17-9-6-12-23(17)2/h13,16-17H,4-12,14H2,1-3H3,(H,22,26). The summed E-state index contributed by atoms with van der Waals surface area (Å²) in [4.78, 5) is 27.8. The summed E-state index contributed by atoms with van der Waals surface area (Å²) < 4.78 is 2.04. The third kappa shape index (κ3) is 4.20. The lowest BCUT2D eigenvalue weighted by Crippen LogP contribution is -2.35. The van der Waals surface area contributed by atoms with Gasteiger partial charge >= 0.3 is 0 Å². The molecule has 1 aromatic heterocycles. The molecule has 1 aliphatic heterocycles. The lowest BCUT2D eigenvalue weighted by atomic mass is 9.97. The summed E-state index contributed by atoms with van der Waals surface area (Å²) >= 11 is 0. The third-order valence-corrected chi connectivity index (χ3v) is 6.43. The number of amides is 1. The Labute approximate surface area is 156 Å². The van der Waals surface area contributed by atoms with E-state index in [0.29, 0.717) is 24.1 Å². The fourth-order valence-corrected chi connectivity index (χ4v) is 4.64. The molecule has 26 heavy (non-hydrogen) atoms. The molecule has 0 radical (unpaired) electrons. The van der Waals surface area contributed by atoms with Crippen LogP contribution in [-0.4, -0.2) is 41.6 Å². The van der Waals surface area contributed by atoms with Gasteiger partial charge in [-0.05, 0) is 52.1 Å². The van der Waals surface area contributed by atoms with Gasteiger partial charge in [-0.3, -0.25) is 9.59 Å². The molecule has 0 bridgehead atoms. The molecule has 1 unspecified atom stereocenters. The predicted molar refractivity (Wildman–Crippen MR) is 105 cm³/mol. The van der Waals surface area contributed by atoms with Crippen LogP contribution in [0.15, 0.2) is 10.9 Å². The lowest BCUT2D eigenvalue weighted by Gasteiger charge is -2.21. The van der Waals surface area contributed by atoms with E-state index in [9.17, 15) is 9.59 Å². The van der Waals surface area contributed by atoms with Crippen molar-refractivity contribution in [2.45, 2.75) is 64.3 Å². The second-order valence-electron chi connectivity index (χ2n) is 8.21. The van der Waals surface area contributed by atoms with E-state index in [-0.39, 0.29) is 11.3 Å². The monoisotopic (exact) mass is 359 g/mol. The van der Waals surface area contributed by atoms with Crippen LogP contribution in [0.1, 0.15) is 66.7 Å². The molecule has 144 valence electrons. The maximum atomic E-state index is 12.8. The van der Waals surface area contributed by atoms with Gasteiger partial charge in [-0.2, -0.15) is 0 Å². The van der Waals surface area contributed by atoms with E-state index < -0.39 is 0 Å². The first-order valence-corrected chi connectivity index (χ1v) is 10.2. The molecule has 2 fully saturated rings. The average Bonchev–Trinajstić information content (AvgIpc) is 3.24. The Morgan fingerprint density at radius 1 is 1.19 bits per heavy atom. The van der Waals surface area contributed by atoms with Crippen LogP contribution in [0.25, 0.3) is 0 Å². The zero-order valence-electron chi connectivity index (χ0n) is 16.5. The number of carbonyl (C=O) groups excluding carboxylic acids is 1. The summed E-state index contributed by atoms with van der Waals surface area (Å²) in [5.41, 5.74) is 2.07. The van der Waals surface area contributed by atoms with Crippen molar-refractivity contribution in [2.75, 3.05) is 20.1 Å². The molecule has 1 N–H and O–H groups in total. The first-order chi connectivity index (χ1) is 12.5. The summed E-state index contributed by atoms with van der Waals surface area (Å²) in [5, 5.41) is 3.02. The quantitative estimate of drug-likeness (QED) is 0.849. The highest BCUT2D eigenvalue weighted by Crippen LogP contribution is 2.28. The van der Waals surface area contributed by atoms with Crippen molar-refractivity contribution in [2.24, 2.45) is 13.0 Å². The average molecular weight is 360 g/mol. The molecule has 0 aromatic carbocycles. The van der Waals surface area contributed by atoms with Gasteiger partial charge in [0.15, 0.2) is 5.43 Å². The Balaban J connectivity index is 1.73. The Kier molecular flexibility index (Phi) is 6.17. The van der Waals surface area contributed by atoms with Gasteiger partial charge < -0.3 is 14.8 Å². The molecule has 1 aliphatic carbocycles. The molecule has 1 saturated heterocycles. The molecular weight excluding hydrogens is 326 g/mol. The molecule has 0 spiro atoms. The van der Waals surface area contributed by atoms with Crippen molar-refractivity contribution in [1.82, 2.24) is 14.8 Å². The normalized spacial score (nSPS) is 21.4. The van der Waals surface area contributed by atoms with Crippen LogP contribution >= 0.6 is 0 Å². The van der Waals surface area contributed by atoms with Crippen LogP contribution in [0, 0.1) is 12.8 Å². The minimum absolute atomic E-state index is 0.135. The van der Waals surface area contributed by atoms with Gasteiger partial charge in [0.05, 0.1) is 0 Å². The van der Waals surface area contributed by atoms with E-state index in [0.717, 1.165) is 30.8 Å². The van der Waals surface area contributed by atoms with Gasteiger partial charge in [0.2, 0.25) is 0 Å². The van der Waals surface area contributed by atoms with E-state index in [1.165, 1.54) is 38.5 Å². The highest BCUT2D eigenvalue weighted by Gasteiger charge is 2.24. The first-order valence-electron chi connectivity index (χ1n) is 10.2. The molecule has 1 amide bonds. The predicted octanol–water partition coefficient (Wildman–Crippen LogP) is 2.64. The van der Waals surface area contributed by atoms with Gasteiger partial charge in [-0.25, -0.2) is 0 Å². The maximum absolute atomic E-state index is 12.8. The topological polar surface area (TPSA) is 54.3 Å². The molecule has 1 aromatic rings. The Bertz CT molecular complexity index is 704. The number of rotatable bonds is 6. The highest BCUT2D eigenvalue weighted by molar-refractivity contribution is 5.95. The fraction of sp³-hybridized carbons (Fsp3) is 0.714. The fourth-order valence-electron chi connectivity index (χ4n) is 4.64. The number of aromatic nitrogens is 1. The third-order valence-electron chi connectivity index (χ3n) is 6.43. The Morgan fingerprint density at radius 2 is 1.92 bits per heavy atom. The van der Waals surface area contributed by atoms with E-state index in [4.69, 9.17) is 0 Å². The lowest BCUT2D eigenvalue weighted by molar-refractivity contribution is 0.0947. The summed E-state index contributed by atoms with van der Waals surface area (Å²) in [7, 11) is 4.12. The van der Waals surface area contributed by atoms with E-state index >= 15 is 0 Å². The second-order valence-corrected chi connectivity index (χ2v) is 8.21. The van der Waals surface area contributed by atoms with Crippen molar-refractivity contribution >= 4 is 5.91 Å². The van der Waals surface area contributed by atoms with Crippen molar-refractivity contribution < 1.29 is 4.79 Å². The van der Waals surface area contributed by atoms with Crippen LogP contribution in [0.2, 0.25) is 0 Å². The van der Waals surface area contributed by atoms with Crippen molar-refractivity contribution in [3.63, 3.8) is 0 Å². The maximum Gasteiger partial charge on any atom is 0.257 e. The zero-order valence-corrected chi connectivity index (χ0v) is 16.5. The van der Waals surface area contributed by atoms with Crippen LogP contribution in [0.3, 0.4) is 0 Å². The number of nitrogens with one attached hydrogen (secondary N) is 1. The van der Waals surface area contributed by atoms with Crippen LogP contribution in [-0.2, 0) is 13.5 Å². The minimum atomic E-state index is -0.195. The number of pyridine rings is 1. The molecule has 5 heteroatoms. The van der Waals surface area contributed by atoms with Gasteiger partial charge in [0.1, 0.15) is 5.56 Å². The van der Waals surface area contributed by atoms with Crippen LogP contribution in [0.4, 0.5) is 0 Å². The minimum Gasteiger partial charge on any atom is -0.352 e. The smallest absolute Gasteiger partial charge is 0.257 e. The number of carbonyl (C=O) groups is 1. The van der Waals surface area contributed by atoms with E-state index in [1.54, 1.807) is 6.07 Å². The summed E-state index contributed by atoms with van der Waals surface area (Å²) in [6.45, 7) is 3.72. The molecule has 3 rings (SSSR count). The van der Waals surface area contributed by atoms with Crippen molar-refractivity contribution in [1.29, 1.82) is 0 Å². The zero-order chi connectivity index (χ0) is 18.7. The molecule has 2 heterocycles. The number of hydrogen-bond acceptors (Lipinski definition) is 3. The van der Waals surface area contributed by atoms with Crippen LogP contribution in [0.5, 0.6) is 0 Å². The largest absolute Gasteiger partial charge is 0.352 e. The number of aryl methyl sites for hydroxylation is 1. The number of nitrogens with zero attached hydrogens (tertiary/aromatic N) is 2. The molecule has 2 aliphatic rings. The highest BCUT2D eigenvalue weighted by atomic mass is 16.2. The number of hydrogen-bond donors (Lipinski definition) is 1. The molecular formula is C21H33N3O2. The summed E-state index contributed by atoms with van der Waals surface area (Å²) in [6, 6.07) is 2.15. The van der Waals surface area contributed by atoms with Gasteiger partial charge in [0, 0.05) is 37.1 Å². The molecule has 1 atom stereocenters. The van der Waals surface area contributed by atoms with E-state index in [2.05, 4.69) is 17.3 Å². The van der Waals surface area contributed by atoms with Crippen LogP contribution < -0.4 is 10.7 Å². The van der Waals surface area contributed by atoms with Crippen molar-refractivity contribution in [3.8, 4) is 0 Å². The first kappa shape index (κ1) is 19.2. The SMILES string of the molecule is Cc1cc(=O)c(C(=O)NCCC2CCCN2C)c(CC2CCCC2)n1C.